The molecule has 2 aliphatic rings. The summed E-state index contributed by atoms with van der Waals surface area (Å²) in [7, 11) is 3.18. The van der Waals surface area contributed by atoms with Crippen LogP contribution in [-0.2, 0) is 16.6 Å². The first-order valence-corrected chi connectivity index (χ1v) is 12.6. The third kappa shape index (κ3) is 5.28. The standard InChI is InChI=1S/C26H31F3N6O3/c1-34(24-20-11-16(26(27,28)29)3-5-21(20)32-33-24)15-22(36)31-18-13-35(14-18)19-7-9-25(37,10-8-19)17-4-6-23(38-2)30-12-17/h3-6,11-12,18-19,37H,7-10,13-15H2,1-2H3,(H,31,36)(H,32,33). The average molecular weight is 533 g/mol. The van der Waals surface area contributed by atoms with Gasteiger partial charge < -0.3 is 20.1 Å². The van der Waals surface area contributed by atoms with Gasteiger partial charge in [-0.15, -0.1) is 0 Å². The molecule has 204 valence electrons. The second-order valence-electron chi connectivity index (χ2n) is 10.2. The molecule has 3 aromatic rings. The Morgan fingerprint density at radius 1 is 1.26 bits per heavy atom. The van der Waals surface area contributed by atoms with E-state index in [-0.39, 0.29) is 18.5 Å². The van der Waals surface area contributed by atoms with Gasteiger partial charge in [-0.25, -0.2) is 4.98 Å². The van der Waals surface area contributed by atoms with Crippen LogP contribution < -0.4 is 15.0 Å². The van der Waals surface area contributed by atoms with E-state index in [1.807, 2.05) is 6.07 Å². The summed E-state index contributed by atoms with van der Waals surface area (Å²) < 4.78 is 44.5. The van der Waals surface area contributed by atoms with Crippen LogP contribution in [0.25, 0.3) is 10.9 Å². The number of hydrogen-bond donors (Lipinski definition) is 3. The number of H-pyrrole nitrogens is 1. The van der Waals surface area contributed by atoms with Gasteiger partial charge in [0.25, 0.3) is 0 Å². The summed E-state index contributed by atoms with van der Waals surface area (Å²) in [5.41, 5.74) is -0.385. The third-order valence-corrected chi connectivity index (χ3v) is 7.67. The van der Waals surface area contributed by atoms with E-state index < -0.39 is 17.3 Å². The zero-order valence-electron chi connectivity index (χ0n) is 21.3. The van der Waals surface area contributed by atoms with E-state index in [1.54, 1.807) is 31.3 Å². The molecule has 3 heterocycles. The lowest BCUT2D eigenvalue weighted by Gasteiger charge is -2.48. The summed E-state index contributed by atoms with van der Waals surface area (Å²) in [5.74, 6) is 0.586. The summed E-state index contributed by atoms with van der Waals surface area (Å²) in [6.45, 7) is 1.42. The lowest BCUT2D eigenvalue weighted by Crippen LogP contribution is -2.63. The van der Waals surface area contributed by atoms with Gasteiger partial charge in [0.2, 0.25) is 11.8 Å². The van der Waals surface area contributed by atoms with E-state index in [4.69, 9.17) is 4.74 Å². The first kappa shape index (κ1) is 26.2. The molecule has 0 bridgehead atoms. The summed E-state index contributed by atoms with van der Waals surface area (Å²) >= 11 is 0. The highest BCUT2D eigenvalue weighted by Gasteiger charge is 2.40. The summed E-state index contributed by atoms with van der Waals surface area (Å²) in [5, 5.41) is 21.3. The Kier molecular flexibility index (Phi) is 6.95. The number of aliphatic hydroxyl groups is 1. The van der Waals surface area contributed by atoms with Crippen LogP contribution in [0, 0.1) is 0 Å². The van der Waals surface area contributed by atoms with Gasteiger partial charge in [-0.3, -0.25) is 14.8 Å². The SMILES string of the molecule is COc1ccc(C2(O)CCC(N3CC(NC(=O)CN(C)c4n[nH]c5ccc(C(F)(F)F)cc45)C3)CC2)cn1. The lowest BCUT2D eigenvalue weighted by atomic mass is 9.77. The molecular weight excluding hydrogens is 501 g/mol. The van der Waals surface area contributed by atoms with Gasteiger partial charge in [0.05, 0.1) is 36.4 Å². The Hall–Kier alpha value is -3.38. The van der Waals surface area contributed by atoms with Crippen LogP contribution >= 0.6 is 0 Å². The second kappa shape index (κ2) is 10.1. The van der Waals surface area contributed by atoms with E-state index in [1.165, 1.54) is 6.07 Å². The molecule has 1 saturated heterocycles. The van der Waals surface area contributed by atoms with Gasteiger partial charge in [-0.05, 0) is 49.9 Å². The fraction of sp³-hybridized carbons (Fsp3) is 0.500. The van der Waals surface area contributed by atoms with Gasteiger partial charge in [0.15, 0.2) is 5.82 Å². The van der Waals surface area contributed by atoms with Crippen molar-refractivity contribution < 1.29 is 27.8 Å². The van der Waals surface area contributed by atoms with Crippen LogP contribution in [0.2, 0.25) is 0 Å². The monoisotopic (exact) mass is 532 g/mol. The average Bonchev–Trinajstić information content (AvgIpc) is 3.30. The number of ether oxygens (including phenoxy) is 1. The normalized spacial score (nSPS) is 22.7. The zero-order valence-corrected chi connectivity index (χ0v) is 21.3. The molecule has 0 radical (unpaired) electrons. The van der Waals surface area contributed by atoms with E-state index in [0.717, 1.165) is 43.6 Å². The van der Waals surface area contributed by atoms with Gasteiger partial charge in [-0.1, -0.05) is 0 Å². The number of rotatable bonds is 7. The minimum atomic E-state index is -4.46. The second-order valence-corrected chi connectivity index (χ2v) is 10.2. The number of methoxy groups -OCH3 is 1. The quantitative estimate of drug-likeness (QED) is 0.430. The molecule has 9 nitrogen and oxygen atoms in total. The topological polar surface area (TPSA) is 107 Å². The summed E-state index contributed by atoms with van der Waals surface area (Å²) in [6, 6.07) is 7.36. The molecule has 38 heavy (non-hydrogen) atoms. The number of anilines is 1. The highest BCUT2D eigenvalue weighted by molar-refractivity contribution is 5.92. The molecule has 1 aromatic carbocycles. The number of alkyl halides is 3. The Morgan fingerprint density at radius 2 is 2.00 bits per heavy atom. The van der Waals surface area contributed by atoms with Crippen molar-refractivity contribution >= 4 is 22.6 Å². The maximum absolute atomic E-state index is 13.1. The van der Waals surface area contributed by atoms with E-state index in [9.17, 15) is 23.1 Å². The number of likely N-dealkylation sites (N-methyl/N-ethyl adjacent to an activating group) is 1. The highest BCUT2D eigenvalue weighted by Crippen LogP contribution is 2.39. The molecule has 5 rings (SSSR count). The number of pyridine rings is 1. The highest BCUT2D eigenvalue weighted by atomic mass is 19.4. The molecule has 2 fully saturated rings. The molecule has 1 saturated carbocycles. The fourth-order valence-corrected chi connectivity index (χ4v) is 5.44. The first-order valence-electron chi connectivity index (χ1n) is 12.6. The number of aromatic nitrogens is 3. The van der Waals surface area contributed by atoms with Gasteiger partial charge >= 0.3 is 6.18 Å². The molecule has 2 aromatic heterocycles. The van der Waals surface area contributed by atoms with Crippen molar-refractivity contribution in [3.05, 3.63) is 47.7 Å². The van der Waals surface area contributed by atoms with Crippen molar-refractivity contribution in [3.8, 4) is 5.88 Å². The van der Waals surface area contributed by atoms with Crippen molar-refractivity contribution in [2.75, 3.05) is 38.7 Å². The number of likely N-dealkylation sites (tertiary alicyclic amines) is 1. The number of carbonyl (C=O) groups is 1. The Labute approximate surface area is 218 Å². The van der Waals surface area contributed by atoms with Crippen LogP contribution in [0.3, 0.4) is 0 Å². The van der Waals surface area contributed by atoms with E-state index in [0.29, 0.717) is 41.5 Å². The van der Waals surface area contributed by atoms with E-state index in [2.05, 4.69) is 25.4 Å². The number of fused-ring (bicyclic) bond motifs is 1. The van der Waals surface area contributed by atoms with E-state index >= 15 is 0 Å². The maximum atomic E-state index is 13.1. The van der Waals surface area contributed by atoms with Crippen molar-refractivity contribution in [2.24, 2.45) is 0 Å². The van der Waals surface area contributed by atoms with Crippen LogP contribution in [0.1, 0.15) is 36.8 Å². The first-order chi connectivity index (χ1) is 18.1. The minimum Gasteiger partial charge on any atom is -0.481 e. The lowest BCUT2D eigenvalue weighted by molar-refractivity contribution is -0.137. The Balaban J connectivity index is 1.09. The maximum Gasteiger partial charge on any atom is 0.416 e. The summed E-state index contributed by atoms with van der Waals surface area (Å²) in [4.78, 5) is 20.7. The number of hydrogen-bond acceptors (Lipinski definition) is 7. The van der Waals surface area contributed by atoms with Crippen molar-refractivity contribution in [1.29, 1.82) is 0 Å². The molecule has 1 aliphatic heterocycles. The van der Waals surface area contributed by atoms with Crippen LogP contribution in [-0.4, -0.2) is 77.0 Å². The van der Waals surface area contributed by atoms with Gasteiger partial charge in [0, 0.05) is 49.4 Å². The fourth-order valence-electron chi connectivity index (χ4n) is 5.44. The predicted octanol–water partition coefficient (Wildman–Crippen LogP) is 3.05. The van der Waals surface area contributed by atoms with Crippen molar-refractivity contribution in [3.63, 3.8) is 0 Å². The minimum absolute atomic E-state index is 0.00950. The molecule has 0 atom stereocenters. The Morgan fingerprint density at radius 3 is 2.63 bits per heavy atom. The number of carbonyl (C=O) groups excluding carboxylic acids is 1. The molecule has 0 unspecified atom stereocenters. The number of nitrogens with zero attached hydrogens (tertiary/aromatic N) is 4. The largest absolute Gasteiger partial charge is 0.481 e. The van der Waals surface area contributed by atoms with Gasteiger partial charge in [-0.2, -0.15) is 18.3 Å². The molecule has 12 heteroatoms. The molecule has 1 aliphatic carbocycles. The van der Waals surface area contributed by atoms with Crippen LogP contribution in [0.15, 0.2) is 36.5 Å². The predicted molar refractivity (Wildman–Crippen MR) is 135 cm³/mol. The van der Waals surface area contributed by atoms with Crippen LogP contribution in [0.4, 0.5) is 19.0 Å². The molecule has 0 spiro atoms. The smallest absolute Gasteiger partial charge is 0.416 e. The number of aromatic amines is 1. The number of halogens is 3. The number of nitrogens with one attached hydrogen (secondary N) is 2. The molecular formula is C26H31F3N6O3. The van der Waals surface area contributed by atoms with Crippen LogP contribution in [0.5, 0.6) is 5.88 Å². The number of benzene rings is 1. The van der Waals surface area contributed by atoms with Crippen molar-refractivity contribution in [1.82, 2.24) is 25.4 Å². The van der Waals surface area contributed by atoms with Crippen molar-refractivity contribution in [2.45, 2.75) is 49.5 Å². The molecule has 3 N–H and O–H groups in total. The number of amides is 1. The zero-order chi connectivity index (χ0) is 27.1. The third-order valence-electron chi connectivity index (χ3n) is 7.67. The Bertz CT molecular complexity index is 1280. The summed E-state index contributed by atoms with van der Waals surface area (Å²) in [6.07, 6.45) is 0.177. The van der Waals surface area contributed by atoms with Gasteiger partial charge in [0.1, 0.15) is 0 Å². The molecule has 1 amide bonds.